The van der Waals surface area contributed by atoms with Gasteiger partial charge >= 0.3 is 11.9 Å². The SMILES string of the molecule is CCCCc1nc(C)c(C(=O)OCC)c(=O)n1Cc1ccc(-c2ccccc2C(=O)OC(C)(C)C)cc1. The van der Waals surface area contributed by atoms with Crippen molar-refractivity contribution in [2.75, 3.05) is 6.61 Å². The maximum absolute atomic E-state index is 13.4. The van der Waals surface area contributed by atoms with Crippen molar-refractivity contribution in [2.24, 2.45) is 0 Å². The molecule has 0 N–H and O–H groups in total. The number of esters is 2. The van der Waals surface area contributed by atoms with Crippen molar-refractivity contribution in [1.82, 2.24) is 9.55 Å². The normalized spacial score (nSPS) is 11.3. The number of benzene rings is 2. The average Bonchev–Trinajstić information content (AvgIpc) is 2.84. The molecule has 1 heterocycles. The quantitative estimate of drug-likeness (QED) is 0.345. The number of hydrogen-bond acceptors (Lipinski definition) is 6. The molecule has 0 radical (unpaired) electrons. The van der Waals surface area contributed by atoms with Crippen molar-refractivity contribution in [3.8, 4) is 11.1 Å². The second kappa shape index (κ2) is 12.0. The zero-order chi connectivity index (χ0) is 27.2. The zero-order valence-electron chi connectivity index (χ0n) is 22.6. The molecule has 0 spiro atoms. The fourth-order valence-electron chi connectivity index (χ4n) is 4.06. The summed E-state index contributed by atoms with van der Waals surface area (Å²) in [5.41, 5.74) is 2.37. The standard InChI is InChI=1S/C30H36N2O5/c1-7-9-14-25-31-20(3)26(29(35)36-8-2)27(33)32(25)19-21-15-17-22(18-16-21)23-12-10-11-13-24(23)28(34)37-30(4,5)6/h10-13,15-18H,7-9,14,19H2,1-6H3. The van der Waals surface area contributed by atoms with Crippen LogP contribution in [-0.2, 0) is 22.4 Å². The summed E-state index contributed by atoms with van der Waals surface area (Å²) in [5.74, 6) is -0.379. The molecule has 3 rings (SSSR count). The molecule has 0 aliphatic heterocycles. The van der Waals surface area contributed by atoms with E-state index < -0.39 is 17.1 Å². The maximum Gasteiger partial charge on any atom is 0.345 e. The molecule has 0 fully saturated rings. The van der Waals surface area contributed by atoms with Gasteiger partial charge in [0.15, 0.2) is 0 Å². The molecule has 37 heavy (non-hydrogen) atoms. The number of aromatic nitrogens is 2. The minimum Gasteiger partial charge on any atom is -0.462 e. The molecule has 7 heteroatoms. The van der Waals surface area contributed by atoms with Crippen LogP contribution in [0.5, 0.6) is 0 Å². The molecule has 0 atom stereocenters. The van der Waals surface area contributed by atoms with E-state index in [-0.39, 0.29) is 24.7 Å². The highest BCUT2D eigenvalue weighted by Gasteiger charge is 2.22. The van der Waals surface area contributed by atoms with Crippen molar-refractivity contribution in [3.05, 3.63) is 87.1 Å². The third-order valence-corrected chi connectivity index (χ3v) is 5.81. The van der Waals surface area contributed by atoms with Gasteiger partial charge in [0.2, 0.25) is 0 Å². The summed E-state index contributed by atoms with van der Waals surface area (Å²) < 4.78 is 12.3. The average molecular weight is 505 g/mol. The highest BCUT2D eigenvalue weighted by Crippen LogP contribution is 2.26. The zero-order valence-corrected chi connectivity index (χ0v) is 22.6. The first kappa shape index (κ1) is 27.8. The fourth-order valence-corrected chi connectivity index (χ4v) is 4.06. The van der Waals surface area contributed by atoms with E-state index in [4.69, 9.17) is 9.47 Å². The van der Waals surface area contributed by atoms with Crippen molar-refractivity contribution >= 4 is 11.9 Å². The highest BCUT2D eigenvalue weighted by molar-refractivity contribution is 5.97. The number of carbonyl (C=O) groups is 2. The van der Waals surface area contributed by atoms with Gasteiger partial charge in [-0.15, -0.1) is 0 Å². The van der Waals surface area contributed by atoms with Crippen LogP contribution < -0.4 is 5.56 Å². The predicted molar refractivity (Wildman–Crippen MR) is 144 cm³/mol. The Morgan fingerprint density at radius 3 is 2.27 bits per heavy atom. The molecule has 7 nitrogen and oxygen atoms in total. The van der Waals surface area contributed by atoms with Crippen LogP contribution in [-0.4, -0.2) is 33.7 Å². The smallest absolute Gasteiger partial charge is 0.345 e. The Labute approximate surface area is 218 Å². The first-order valence-corrected chi connectivity index (χ1v) is 12.7. The van der Waals surface area contributed by atoms with Crippen LogP contribution in [0, 0.1) is 6.92 Å². The van der Waals surface area contributed by atoms with E-state index in [1.165, 1.54) is 0 Å². The largest absolute Gasteiger partial charge is 0.462 e. The lowest BCUT2D eigenvalue weighted by Gasteiger charge is -2.20. The second-order valence-electron chi connectivity index (χ2n) is 9.95. The van der Waals surface area contributed by atoms with Gasteiger partial charge in [-0.2, -0.15) is 0 Å². The van der Waals surface area contributed by atoms with Gasteiger partial charge in [-0.25, -0.2) is 14.6 Å². The summed E-state index contributed by atoms with van der Waals surface area (Å²) in [5, 5.41) is 0. The molecule has 0 amide bonds. The fraction of sp³-hybridized carbons (Fsp3) is 0.400. The third-order valence-electron chi connectivity index (χ3n) is 5.81. The lowest BCUT2D eigenvalue weighted by molar-refractivity contribution is 0.00701. The third kappa shape index (κ3) is 6.94. The number of ether oxygens (including phenoxy) is 2. The summed E-state index contributed by atoms with van der Waals surface area (Å²) in [4.78, 5) is 43.3. The van der Waals surface area contributed by atoms with Gasteiger partial charge in [0.25, 0.3) is 5.56 Å². The van der Waals surface area contributed by atoms with Gasteiger partial charge in [-0.1, -0.05) is 55.8 Å². The molecule has 0 bridgehead atoms. The summed E-state index contributed by atoms with van der Waals surface area (Å²) >= 11 is 0. The van der Waals surface area contributed by atoms with Crippen molar-refractivity contribution in [3.63, 3.8) is 0 Å². The number of unbranched alkanes of at least 4 members (excludes halogenated alkanes) is 1. The first-order chi connectivity index (χ1) is 17.6. The minimum absolute atomic E-state index is 0.0231. The molecular formula is C30H36N2O5. The minimum atomic E-state index is -0.651. The molecule has 0 saturated carbocycles. The first-order valence-electron chi connectivity index (χ1n) is 12.7. The van der Waals surface area contributed by atoms with E-state index in [2.05, 4.69) is 11.9 Å². The molecule has 0 aliphatic rings. The molecule has 196 valence electrons. The number of carbonyl (C=O) groups excluding carboxylic acids is 2. The Morgan fingerprint density at radius 2 is 1.65 bits per heavy atom. The van der Waals surface area contributed by atoms with Crippen LogP contribution in [0.2, 0.25) is 0 Å². The van der Waals surface area contributed by atoms with Gasteiger partial charge < -0.3 is 9.47 Å². The molecule has 2 aromatic carbocycles. The van der Waals surface area contributed by atoms with Crippen LogP contribution in [0.1, 0.15) is 85.3 Å². The summed E-state index contributed by atoms with van der Waals surface area (Å²) in [6, 6.07) is 15.0. The van der Waals surface area contributed by atoms with E-state index in [1.54, 1.807) is 24.5 Å². The van der Waals surface area contributed by atoms with E-state index in [0.717, 1.165) is 29.5 Å². The number of aryl methyl sites for hydroxylation is 2. The van der Waals surface area contributed by atoms with Crippen molar-refractivity contribution in [1.29, 1.82) is 0 Å². The van der Waals surface area contributed by atoms with Gasteiger partial charge in [-0.05, 0) is 63.8 Å². The van der Waals surface area contributed by atoms with Crippen molar-refractivity contribution in [2.45, 2.75) is 73.0 Å². The van der Waals surface area contributed by atoms with E-state index >= 15 is 0 Å². The molecular weight excluding hydrogens is 468 g/mol. The Balaban J connectivity index is 1.97. The number of hydrogen-bond donors (Lipinski definition) is 0. The summed E-state index contributed by atoms with van der Waals surface area (Å²) in [6.45, 7) is 11.4. The van der Waals surface area contributed by atoms with Crippen LogP contribution in [0.4, 0.5) is 0 Å². The Kier molecular flexibility index (Phi) is 9.03. The Hall–Kier alpha value is -3.74. The van der Waals surface area contributed by atoms with Gasteiger partial charge in [-0.3, -0.25) is 9.36 Å². The number of nitrogens with zero attached hydrogens (tertiary/aromatic N) is 2. The van der Waals surface area contributed by atoms with Crippen LogP contribution in [0.25, 0.3) is 11.1 Å². The van der Waals surface area contributed by atoms with Crippen LogP contribution in [0.15, 0.2) is 53.3 Å². The summed E-state index contributed by atoms with van der Waals surface area (Å²) in [7, 11) is 0. The lowest BCUT2D eigenvalue weighted by Crippen LogP contribution is -2.33. The Morgan fingerprint density at radius 1 is 0.973 bits per heavy atom. The highest BCUT2D eigenvalue weighted by atomic mass is 16.6. The van der Waals surface area contributed by atoms with Gasteiger partial charge in [0, 0.05) is 6.42 Å². The van der Waals surface area contributed by atoms with Gasteiger partial charge in [0.1, 0.15) is 17.0 Å². The van der Waals surface area contributed by atoms with E-state index in [9.17, 15) is 14.4 Å². The maximum atomic E-state index is 13.4. The van der Waals surface area contributed by atoms with Crippen molar-refractivity contribution < 1.29 is 19.1 Å². The van der Waals surface area contributed by atoms with E-state index in [1.807, 2.05) is 63.2 Å². The Bertz CT molecular complexity index is 1320. The molecule has 0 saturated heterocycles. The molecule has 0 unspecified atom stereocenters. The molecule has 1 aromatic heterocycles. The lowest BCUT2D eigenvalue weighted by atomic mass is 9.98. The van der Waals surface area contributed by atoms with E-state index in [0.29, 0.717) is 23.5 Å². The monoisotopic (exact) mass is 504 g/mol. The van der Waals surface area contributed by atoms with Crippen LogP contribution >= 0.6 is 0 Å². The predicted octanol–water partition coefficient (Wildman–Crippen LogP) is 5.74. The second-order valence-corrected chi connectivity index (χ2v) is 9.95. The van der Waals surface area contributed by atoms with Gasteiger partial charge in [0.05, 0.1) is 24.4 Å². The molecule has 0 aliphatic carbocycles. The topological polar surface area (TPSA) is 87.5 Å². The molecule has 3 aromatic rings. The van der Waals surface area contributed by atoms with Crippen LogP contribution in [0.3, 0.4) is 0 Å². The summed E-state index contributed by atoms with van der Waals surface area (Å²) in [6.07, 6.45) is 2.47. The number of rotatable bonds is 9.